The van der Waals surface area contributed by atoms with Crippen molar-refractivity contribution in [2.24, 2.45) is 5.92 Å². The van der Waals surface area contributed by atoms with Crippen LogP contribution in [0.1, 0.15) is 57.6 Å². The molecule has 2 atom stereocenters. The van der Waals surface area contributed by atoms with E-state index < -0.39 is 5.60 Å². The van der Waals surface area contributed by atoms with Crippen molar-refractivity contribution in [3.05, 3.63) is 71.8 Å². The van der Waals surface area contributed by atoms with Crippen LogP contribution in [0.5, 0.6) is 0 Å². The summed E-state index contributed by atoms with van der Waals surface area (Å²) in [5.74, 6) is 0.448. The number of hydrogen-bond acceptors (Lipinski definition) is 2. The van der Waals surface area contributed by atoms with Gasteiger partial charge in [0, 0.05) is 6.61 Å². The molecule has 0 radical (unpaired) electrons. The Hall–Kier alpha value is -1.64. The van der Waals surface area contributed by atoms with Crippen molar-refractivity contribution in [2.45, 2.75) is 64.9 Å². The third kappa shape index (κ3) is 10.4. The van der Waals surface area contributed by atoms with Crippen LogP contribution in [0.3, 0.4) is 0 Å². The van der Waals surface area contributed by atoms with Gasteiger partial charge in [0.05, 0.1) is 5.60 Å². The highest BCUT2D eigenvalue weighted by molar-refractivity contribution is 5.15. The first kappa shape index (κ1) is 22.4. The van der Waals surface area contributed by atoms with Crippen LogP contribution in [0.4, 0.5) is 0 Å². The molecule has 0 saturated carbocycles. The number of benzene rings is 2. The molecule has 26 heavy (non-hydrogen) atoms. The first-order chi connectivity index (χ1) is 12.5. The smallest absolute Gasteiger partial charge is 0.0620 e. The second-order valence-electron chi connectivity index (χ2n) is 7.50. The second kappa shape index (κ2) is 12.7. The van der Waals surface area contributed by atoms with Gasteiger partial charge in [0.25, 0.3) is 0 Å². The van der Waals surface area contributed by atoms with E-state index in [0.29, 0.717) is 12.5 Å². The van der Waals surface area contributed by atoms with Crippen LogP contribution in [-0.2, 0) is 12.8 Å². The number of aliphatic hydroxyl groups is 2. The number of aryl methyl sites for hydroxylation is 2. The van der Waals surface area contributed by atoms with Gasteiger partial charge in [0.15, 0.2) is 0 Å². The third-order valence-corrected chi connectivity index (χ3v) is 4.87. The van der Waals surface area contributed by atoms with Crippen LogP contribution in [0, 0.1) is 5.92 Å². The monoisotopic (exact) mass is 356 g/mol. The van der Waals surface area contributed by atoms with E-state index in [2.05, 4.69) is 43.3 Å². The molecule has 0 spiro atoms. The minimum absolute atomic E-state index is 0.314. The SMILES string of the molecule is CC(CO)CCCc1ccccc1.CCC(C)(O)CCc1ccccc1. The van der Waals surface area contributed by atoms with Crippen LogP contribution in [0.2, 0.25) is 0 Å². The van der Waals surface area contributed by atoms with Crippen LogP contribution in [0.15, 0.2) is 60.7 Å². The average molecular weight is 357 g/mol. The molecule has 0 fully saturated rings. The highest BCUT2D eigenvalue weighted by atomic mass is 16.3. The number of hydrogen-bond donors (Lipinski definition) is 2. The molecule has 2 nitrogen and oxygen atoms in total. The molecule has 0 amide bonds. The zero-order valence-corrected chi connectivity index (χ0v) is 16.7. The molecular formula is C24H36O2. The fourth-order valence-corrected chi connectivity index (χ4v) is 2.63. The minimum Gasteiger partial charge on any atom is -0.396 e. The van der Waals surface area contributed by atoms with E-state index in [4.69, 9.17) is 5.11 Å². The van der Waals surface area contributed by atoms with Crippen LogP contribution >= 0.6 is 0 Å². The molecule has 2 N–H and O–H groups in total. The summed E-state index contributed by atoms with van der Waals surface area (Å²) in [6, 6.07) is 20.8. The molecule has 0 bridgehead atoms. The molecule has 2 heteroatoms. The Balaban J connectivity index is 0.000000260. The standard InChI is InChI=1S/2C12H18O/c1-11(10-13)6-5-9-12-7-3-2-4-8-12;1-3-12(2,13)10-9-11-7-5-4-6-8-11/h2-4,7-8,11,13H,5-6,9-10H2,1H3;4-8,13H,3,9-10H2,1-2H3. The van der Waals surface area contributed by atoms with Gasteiger partial charge in [-0.3, -0.25) is 0 Å². The molecule has 2 aromatic rings. The maximum absolute atomic E-state index is 9.78. The van der Waals surface area contributed by atoms with E-state index in [0.717, 1.165) is 32.1 Å². The summed E-state index contributed by atoms with van der Waals surface area (Å²) in [4.78, 5) is 0. The Morgan fingerprint density at radius 3 is 1.85 bits per heavy atom. The lowest BCUT2D eigenvalue weighted by atomic mass is 9.94. The van der Waals surface area contributed by atoms with Gasteiger partial charge in [-0.2, -0.15) is 0 Å². The van der Waals surface area contributed by atoms with Crippen molar-refractivity contribution < 1.29 is 10.2 Å². The maximum Gasteiger partial charge on any atom is 0.0620 e. The van der Waals surface area contributed by atoms with Crippen molar-refractivity contribution in [1.82, 2.24) is 0 Å². The van der Waals surface area contributed by atoms with Crippen molar-refractivity contribution in [3.8, 4) is 0 Å². The number of rotatable bonds is 9. The molecule has 2 rings (SSSR count). The van der Waals surface area contributed by atoms with Crippen molar-refractivity contribution in [1.29, 1.82) is 0 Å². The van der Waals surface area contributed by atoms with Gasteiger partial charge in [-0.05, 0) is 62.5 Å². The molecule has 2 unspecified atom stereocenters. The summed E-state index contributed by atoms with van der Waals surface area (Å²) >= 11 is 0. The molecule has 2 aromatic carbocycles. The van der Waals surface area contributed by atoms with Gasteiger partial charge in [-0.15, -0.1) is 0 Å². The summed E-state index contributed by atoms with van der Waals surface area (Å²) in [7, 11) is 0. The lowest BCUT2D eigenvalue weighted by Gasteiger charge is -2.20. The molecule has 0 aliphatic carbocycles. The summed E-state index contributed by atoms with van der Waals surface area (Å²) < 4.78 is 0. The maximum atomic E-state index is 9.78. The Labute approximate surface area is 159 Å². The summed E-state index contributed by atoms with van der Waals surface area (Å²) in [6.07, 6.45) is 6.04. The third-order valence-electron chi connectivity index (χ3n) is 4.87. The van der Waals surface area contributed by atoms with Gasteiger partial charge in [-0.1, -0.05) is 74.5 Å². The van der Waals surface area contributed by atoms with Gasteiger partial charge in [0.1, 0.15) is 0 Å². The quantitative estimate of drug-likeness (QED) is 0.630. The Bertz CT molecular complexity index is 563. The minimum atomic E-state index is -0.504. The number of aliphatic hydroxyl groups excluding tert-OH is 1. The molecule has 0 aliphatic heterocycles. The highest BCUT2D eigenvalue weighted by Gasteiger charge is 2.16. The molecule has 0 heterocycles. The topological polar surface area (TPSA) is 40.5 Å². The van der Waals surface area contributed by atoms with Crippen molar-refractivity contribution >= 4 is 0 Å². The van der Waals surface area contributed by atoms with Crippen LogP contribution in [-0.4, -0.2) is 22.4 Å². The fourth-order valence-electron chi connectivity index (χ4n) is 2.63. The van der Waals surface area contributed by atoms with E-state index >= 15 is 0 Å². The molecule has 0 saturated heterocycles. The van der Waals surface area contributed by atoms with E-state index in [1.54, 1.807) is 0 Å². The summed E-state index contributed by atoms with van der Waals surface area (Å²) in [5.41, 5.74) is 2.19. The summed E-state index contributed by atoms with van der Waals surface area (Å²) in [6.45, 7) is 6.32. The highest BCUT2D eigenvalue weighted by Crippen LogP contribution is 2.16. The Morgan fingerprint density at radius 1 is 0.885 bits per heavy atom. The largest absolute Gasteiger partial charge is 0.396 e. The van der Waals surface area contributed by atoms with Crippen molar-refractivity contribution in [3.63, 3.8) is 0 Å². The lowest BCUT2D eigenvalue weighted by molar-refractivity contribution is 0.0473. The van der Waals surface area contributed by atoms with Crippen LogP contribution < -0.4 is 0 Å². The van der Waals surface area contributed by atoms with Crippen molar-refractivity contribution in [2.75, 3.05) is 6.61 Å². The van der Waals surface area contributed by atoms with Gasteiger partial charge in [0.2, 0.25) is 0 Å². The molecule has 144 valence electrons. The molecular weight excluding hydrogens is 320 g/mol. The van der Waals surface area contributed by atoms with Gasteiger partial charge < -0.3 is 10.2 Å². The summed E-state index contributed by atoms with van der Waals surface area (Å²) in [5, 5.41) is 18.6. The zero-order valence-electron chi connectivity index (χ0n) is 16.7. The first-order valence-electron chi connectivity index (χ1n) is 9.88. The zero-order chi connectivity index (χ0) is 19.3. The molecule has 0 aliphatic rings. The van der Waals surface area contributed by atoms with E-state index in [1.165, 1.54) is 17.5 Å². The predicted octanol–water partition coefficient (Wildman–Crippen LogP) is 5.42. The van der Waals surface area contributed by atoms with Gasteiger partial charge >= 0.3 is 0 Å². The van der Waals surface area contributed by atoms with Gasteiger partial charge in [-0.25, -0.2) is 0 Å². The van der Waals surface area contributed by atoms with E-state index in [9.17, 15) is 5.11 Å². The van der Waals surface area contributed by atoms with E-state index in [1.807, 2.05) is 38.1 Å². The first-order valence-corrected chi connectivity index (χ1v) is 9.88. The van der Waals surface area contributed by atoms with E-state index in [-0.39, 0.29) is 0 Å². The second-order valence-corrected chi connectivity index (χ2v) is 7.50. The average Bonchev–Trinajstić information content (AvgIpc) is 2.68. The predicted molar refractivity (Wildman–Crippen MR) is 111 cm³/mol. The Kier molecular flexibility index (Phi) is 10.9. The molecule has 0 aromatic heterocycles. The lowest BCUT2D eigenvalue weighted by Crippen LogP contribution is -2.23. The van der Waals surface area contributed by atoms with Crippen LogP contribution in [0.25, 0.3) is 0 Å². The Morgan fingerprint density at radius 2 is 1.38 bits per heavy atom. The fraction of sp³-hybridized carbons (Fsp3) is 0.500. The normalized spacial score (nSPS) is 14.0.